The average Bonchev–Trinajstić information content (AvgIpc) is 2.42. The number of aryl methyl sites for hydroxylation is 1. The van der Waals surface area contributed by atoms with Gasteiger partial charge in [0.1, 0.15) is 11.6 Å². The van der Waals surface area contributed by atoms with Gasteiger partial charge in [-0.3, -0.25) is 0 Å². The third-order valence-corrected chi connectivity index (χ3v) is 4.03. The maximum atomic E-state index is 13.7. The monoisotopic (exact) mass is 274 g/mol. The van der Waals surface area contributed by atoms with E-state index in [0.29, 0.717) is 18.4 Å². The van der Waals surface area contributed by atoms with Gasteiger partial charge in [0.2, 0.25) is 0 Å². The fourth-order valence-electron chi connectivity index (χ4n) is 2.95. The maximum Gasteiger partial charge on any atom is 0.129 e. The van der Waals surface area contributed by atoms with Crippen molar-refractivity contribution in [1.82, 2.24) is 0 Å². The van der Waals surface area contributed by atoms with E-state index in [1.54, 1.807) is 0 Å². The summed E-state index contributed by atoms with van der Waals surface area (Å²) in [6, 6.07) is 11.5. The molecule has 1 aliphatic carbocycles. The molecule has 2 aromatic carbocycles. The van der Waals surface area contributed by atoms with E-state index in [0.717, 1.165) is 18.1 Å². The fourth-order valence-corrected chi connectivity index (χ4v) is 2.95. The summed E-state index contributed by atoms with van der Waals surface area (Å²) >= 11 is 0. The topological polar surface area (TPSA) is 20.2 Å². The molecule has 1 aliphatic rings. The van der Waals surface area contributed by atoms with Crippen LogP contribution in [-0.2, 0) is 19.3 Å². The Morgan fingerprint density at radius 1 is 1.05 bits per heavy atom. The van der Waals surface area contributed by atoms with Crippen LogP contribution in [0.5, 0.6) is 0 Å². The third kappa shape index (κ3) is 2.59. The van der Waals surface area contributed by atoms with Crippen molar-refractivity contribution in [3.8, 4) is 0 Å². The molecule has 1 nitrogen and oxygen atoms in total. The molecule has 104 valence electrons. The minimum atomic E-state index is -0.951. The van der Waals surface area contributed by atoms with Crippen LogP contribution in [0.3, 0.4) is 0 Å². The molecule has 3 rings (SSSR count). The quantitative estimate of drug-likeness (QED) is 0.889. The van der Waals surface area contributed by atoms with Crippen LogP contribution in [0.4, 0.5) is 8.78 Å². The highest BCUT2D eigenvalue weighted by Crippen LogP contribution is 2.32. The molecule has 1 unspecified atom stereocenters. The molecule has 3 heteroatoms. The Kier molecular flexibility index (Phi) is 3.30. The van der Waals surface area contributed by atoms with Crippen LogP contribution in [0.15, 0.2) is 42.5 Å². The molecule has 0 aliphatic heterocycles. The van der Waals surface area contributed by atoms with Crippen LogP contribution in [0.1, 0.15) is 23.1 Å². The van der Waals surface area contributed by atoms with Gasteiger partial charge in [0.25, 0.3) is 0 Å². The Morgan fingerprint density at radius 3 is 2.55 bits per heavy atom. The first kappa shape index (κ1) is 13.3. The van der Waals surface area contributed by atoms with Crippen LogP contribution in [0.2, 0.25) is 0 Å². The third-order valence-electron chi connectivity index (χ3n) is 4.03. The van der Waals surface area contributed by atoms with Crippen LogP contribution in [0.25, 0.3) is 0 Å². The van der Waals surface area contributed by atoms with Gasteiger partial charge >= 0.3 is 0 Å². The molecule has 0 radical (unpaired) electrons. The summed E-state index contributed by atoms with van der Waals surface area (Å²) in [7, 11) is 0. The van der Waals surface area contributed by atoms with Crippen molar-refractivity contribution >= 4 is 0 Å². The van der Waals surface area contributed by atoms with E-state index in [4.69, 9.17) is 0 Å². The zero-order chi connectivity index (χ0) is 14.2. The molecule has 2 aromatic rings. The number of hydrogen-bond donors (Lipinski definition) is 1. The lowest BCUT2D eigenvalue weighted by Gasteiger charge is -2.33. The molecule has 20 heavy (non-hydrogen) atoms. The van der Waals surface area contributed by atoms with Gasteiger partial charge in [-0.2, -0.15) is 0 Å². The lowest BCUT2D eigenvalue weighted by atomic mass is 9.77. The largest absolute Gasteiger partial charge is 0.389 e. The fraction of sp³-hybridized carbons (Fsp3) is 0.294. The van der Waals surface area contributed by atoms with Gasteiger partial charge in [-0.05, 0) is 35.6 Å². The predicted molar refractivity (Wildman–Crippen MR) is 73.5 cm³/mol. The van der Waals surface area contributed by atoms with Gasteiger partial charge in [-0.25, -0.2) is 8.78 Å². The van der Waals surface area contributed by atoms with Gasteiger partial charge in [0.15, 0.2) is 0 Å². The molecular weight excluding hydrogens is 258 g/mol. The second kappa shape index (κ2) is 4.98. The summed E-state index contributed by atoms with van der Waals surface area (Å²) < 4.78 is 26.6. The lowest BCUT2D eigenvalue weighted by Crippen LogP contribution is -2.38. The van der Waals surface area contributed by atoms with Crippen molar-refractivity contribution in [3.63, 3.8) is 0 Å². The molecule has 0 spiro atoms. The first-order valence-corrected chi connectivity index (χ1v) is 6.79. The Labute approximate surface area is 116 Å². The molecule has 0 heterocycles. The summed E-state index contributed by atoms with van der Waals surface area (Å²) in [6.07, 6.45) is 2.11. The molecular formula is C17H16F2O. The Bertz CT molecular complexity index is 639. The van der Waals surface area contributed by atoms with E-state index in [1.165, 1.54) is 17.7 Å². The first-order chi connectivity index (χ1) is 9.56. The lowest BCUT2D eigenvalue weighted by molar-refractivity contribution is 0.0259. The van der Waals surface area contributed by atoms with Crippen LogP contribution >= 0.6 is 0 Å². The van der Waals surface area contributed by atoms with Gasteiger partial charge < -0.3 is 5.11 Å². The zero-order valence-electron chi connectivity index (χ0n) is 11.1. The second-order valence-electron chi connectivity index (χ2n) is 5.58. The van der Waals surface area contributed by atoms with E-state index < -0.39 is 17.2 Å². The molecule has 0 saturated carbocycles. The van der Waals surface area contributed by atoms with Crippen molar-refractivity contribution in [2.75, 3.05) is 0 Å². The second-order valence-corrected chi connectivity index (χ2v) is 5.58. The molecule has 1 N–H and O–H groups in total. The van der Waals surface area contributed by atoms with Gasteiger partial charge in [-0.15, -0.1) is 0 Å². The van der Waals surface area contributed by atoms with E-state index >= 15 is 0 Å². The first-order valence-electron chi connectivity index (χ1n) is 6.79. The molecule has 0 fully saturated rings. The molecule has 0 saturated heterocycles. The van der Waals surface area contributed by atoms with Crippen molar-refractivity contribution in [1.29, 1.82) is 0 Å². The Balaban J connectivity index is 1.84. The predicted octanol–water partition coefficient (Wildman–Crippen LogP) is 3.43. The SMILES string of the molecule is OC1(Cc2ccc(F)cc2F)CCc2ccccc2C1. The van der Waals surface area contributed by atoms with Crippen molar-refractivity contribution in [2.24, 2.45) is 0 Å². The Morgan fingerprint density at radius 2 is 1.80 bits per heavy atom. The smallest absolute Gasteiger partial charge is 0.129 e. The summed E-state index contributed by atoms with van der Waals surface area (Å²) in [5, 5.41) is 10.7. The van der Waals surface area contributed by atoms with E-state index in [9.17, 15) is 13.9 Å². The summed E-state index contributed by atoms with van der Waals surface area (Å²) in [4.78, 5) is 0. The number of fused-ring (bicyclic) bond motifs is 1. The minimum absolute atomic E-state index is 0.216. The summed E-state index contributed by atoms with van der Waals surface area (Å²) in [5.74, 6) is -1.18. The molecule has 0 bridgehead atoms. The van der Waals surface area contributed by atoms with Crippen LogP contribution in [-0.4, -0.2) is 10.7 Å². The standard InChI is InChI=1S/C17H16F2O/c18-15-6-5-14(16(19)9-15)11-17(20)8-7-12-3-1-2-4-13(12)10-17/h1-6,9,20H,7-8,10-11H2. The van der Waals surface area contributed by atoms with E-state index in [1.807, 2.05) is 18.2 Å². The van der Waals surface area contributed by atoms with Gasteiger partial charge in [0, 0.05) is 18.9 Å². The molecule has 0 aromatic heterocycles. The van der Waals surface area contributed by atoms with Gasteiger partial charge in [-0.1, -0.05) is 30.3 Å². The van der Waals surface area contributed by atoms with Gasteiger partial charge in [0.05, 0.1) is 5.60 Å². The number of benzene rings is 2. The average molecular weight is 274 g/mol. The van der Waals surface area contributed by atoms with Crippen LogP contribution < -0.4 is 0 Å². The van der Waals surface area contributed by atoms with E-state index in [-0.39, 0.29) is 6.42 Å². The maximum absolute atomic E-state index is 13.7. The van der Waals surface area contributed by atoms with Crippen molar-refractivity contribution in [3.05, 3.63) is 70.8 Å². The highest BCUT2D eigenvalue weighted by molar-refractivity contribution is 5.32. The number of rotatable bonds is 2. The van der Waals surface area contributed by atoms with Crippen molar-refractivity contribution < 1.29 is 13.9 Å². The highest BCUT2D eigenvalue weighted by Gasteiger charge is 2.32. The normalized spacial score (nSPS) is 21.6. The molecule has 1 atom stereocenters. The Hall–Kier alpha value is -1.74. The van der Waals surface area contributed by atoms with Crippen molar-refractivity contribution in [2.45, 2.75) is 31.3 Å². The number of hydrogen-bond acceptors (Lipinski definition) is 1. The number of halogens is 2. The molecule has 0 amide bonds. The van der Waals surface area contributed by atoms with E-state index in [2.05, 4.69) is 6.07 Å². The number of aliphatic hydroxyl groups is 1. The zero-order valence-corrected chi connectivity index (χ0v) is 11.1. The highest BCUT2D eigenvalue weighted by atomic mass is 19.1. The summed E-state index contributed by atoms with van der Waals surface area (Å²) in [5.41, 5.74) is 1.78. The summed E-state index contributed by atoms with van der Waals surface area (Å²) in [6.45, 7) is 0. The van der Waals surface area contributed by atoms with Crippen LogP contribution in [0, 0.1) is 11.6 Å². The minimum Gasteiger partial charge on any atom is -0.389 e.